The highest BCUT2D eigenvalue weighted by molar-refractivity contribution is 8.00. The molecule has 3 heteroatoms. The van der Waals surface area contributed by atoms with Crippen molar-refractivity contribution in [3.8, 4) is 0 Å². The van der Waals surface area contributed by atoms with E-state index in [2.05, 4.69) is 5.32 Å². The van der Waals surface area contributed by atoms with Crippen LogP contribution in [-0.2, 0) is 4.79 Å². The minimum absolute atomic E-state index is 0.0465. The van der Waals surface area contributed by atoms with Crippen LogP contribution < -0.4 is 5.32 Å². The van der Waals surface area contributed by atoms with Gasteiger partial charge in [0.25, 0.3) is 0 Å². The second-order valence-electron chi connectivity index (χ2n) is 3.74. The molecule has 0 heterocycles. The van der Waals surface area contributed by atoms with Crippen molar-refractivity contribution in [3.05, 3.63) is 30.3 Å². The van der Waals surface area contributed by atoms with E-state index in [0.717, 1.165) is 4.90 Å². The van der Waals surface area contributed by atoms with Gasteiger partial charge in [0.2, 0.25) is 5.91 Å². The van der Waals surface area contributed by atoms with E-state index in [9.17, 15) is 4.79 Å². The van der Waals surface area contributed by atoms with E-state index in [1.807, 2.05) is 51.1 Å². The zero-order valence-corrected chi connectivity index (χ0v) is 10.2. The first-order chi connectivity index (χ1) is 7.09. The third kappa shape index (κ3) is 4.38. The summed E-state index contributed by atoms with van der Waals surface area (Å²) < 4.78 is 0. The second kappa shape index (κ2) is 5.81. The maximum Gasteiger partial charge on any atom is 0.233 e. The van der Waals surface area contributed by atoms with Gasteiger partial charge in [-0.05, 0) is 32.9 Å². The molecule has 1 aromatic carbocycles. The Kier molecular flexibility index (Phi) is 4.69. The zero-order valence-electron chi connectivity index (χ0n) is 9.36. The molecule has 0 aromatic heterocycles. The number of carbonyl (C=O) groups excluding carboxylic acids is 1. The lowest BCUT2D eigenvalue weighted by Crippen LogP contribution is -2.35. The van der Waals surface area contributed by atoms with E-state index in [1.54, 1.807) is 11.8 Å². The van der Waals surface area contributed by atoms with Gasteiger partial charge in [-0.15, -0.1) is 11.8 Å². The Morgan fingerprint density at radius 1 is 1.20 bits per heavy atom. The van der Waals surface area contributed by atoms with Crippen LogP contribution in [0.25, 0.3) is 0 Å². The first kappa shape index (κ1) is 12.1. The normalized spacial score (nSPS) is 12.5. The van der Waals surface area contributed by atoms with Crippen molar-refractivity contribution in [1.29, 1.82) is 0 Å². The smallest absolute Gasteiger partial charge is 0.233 e. The number of hydrogen-bond donors (Lipinski definition) is 1. The molecular weight excluding hydrogens is 206 g/mol. The van der Waals surface area contributed by atoms with E-state index in [1.165, 1.54) is 0 Å². The summed E-state index contributed by atoms with van der Waals surface area (Å²) in [5, 5.41) is 2.86. The van der Waals surface area contributed by atoms with Gasteiger partial charge < -0.3 is 5.32 Å². The summed E-state index contributed by atoms with van der Waals surface area (Å²) in [4.78, 5) is 12.8. The summed E-state index contributed by atoms with van der Waals surface area (Å²) in [7, 11) is 0. The van der Waals surface area contributed by atoms with Crippen molar-refractivity contribution >= 4 is 17.7 Å². The monoisotopic (exact) mass is 223 g/mol. The molecule has 0 saturated heterocycles. The Morgan fingerprint density at radius 2 is 1.80 bits per heavy atom. The van der Waals surface area contributed by atoms with E-state index >= 15 is 0 Å². The molecule has 1 atom stereocenters. The molecule has 0 aliphatic heterocycles. The quantitative estimate of drug-likeness (QED) is 0.795. The first-order valence-corrected chi connectivity index (χ1v) is 5.99. The van der Waals surface area contributed by atoms with Crippen LogP contribution in [0.2, 0.25) is 0 Å². The molecule has 0 bridgehead atoms. The molecule has 0 spiro atoms. The number of nitrogens with one attached hydrogen (secondary N) is 1. The molecule has 1 N–H and O–H groups in total. The van der Waals surface area contributed by atoms with E-state index in [-0.39, 0.29) is 17.2 Å². The fourth-order valence-electron chi connectivity index (χ4n) is 1.16. The standard InChI is InChI=1S/C12H17NOS/c1-9(2)13-12(14)10(3)15-11-7-5-4-6-8-11/h4-10H,1-3H3,(H,13,14)/t10-/m0/s1. The summed E-state index contributed by atoms with van der Waals surface area (Å²) in [6.07, 6.45) is 0. The fourth-order valence-corrected chi connectivity index (χ4v) is 2.06. The molecule has 82 valence electrons. The molecule has 0 unspecified atom stereocenters. The SMILES string of the molecule is CC(C)NC(=O)[C@H](C)Sc1ccccc1. The lowest BCUT2D eigenvalue weighted by Gasteiger charge is -2.13. The van der Waals surface area contributed by atoms with E-state index in [4.69, 9.17) is 0 Å². The molecule has 1 aromatic rings. The number of benzene rings is 1. The van der Waals surface area contributed by atoms with Crippen LogP contribution in [0, 0.1) is 0 Å². The number of carbonyl (C=O) groups is 1. The van der Waals surface area contributed by atoms with Gasteiger partial charge in [0.1, 0.15) is 0 Å². The van der Waals surface area contributed by atoms with Crippen LogP contribution in [0.1, 0.15) is 20.8 Å². The van der Waals surface area contributed by atoms with Crippen molar-refractivity contribution in [2.75, 3.05) is 0 Å². The van der Waals surface area contributed by atoms with Gasteiger partial charge >= 0.3 is 0 Å². The van der Waals surface area contributed by atoms with Crippen LogP contribution >= 0.6 is 11.8 Å². The highest BCUT2D eigenvalue weighted by atomic mass is 32.2. The molecule has 1 rings (SSSR count). The molecule has 0 aliphatic rings. The number of thioether (sulfide) groups is 1. The van der Waals surface area contributed by atoms with E-state index in [0.29, 0.717) is 0 Å². The van der Waals surface area contributed by atoms with E-state index < -0.39 is 0 Å². The molecule has 15 heavy (non-hydrogen) atoms. The average molecular weight is 223 g/mol. The van der Waals surface area contributed by atoms with Gasteiger partial charge in [-0.3, -0.25) is 4.79 Å². The third-order valence-corrected chi connectivity index (χ3v) is 2.97. The predicted molar refractivity (Wildman–Crippen MR) is 65.0 cm³/mol. The maximum absolute atomic E-state index is 11.6. The topological polar surface area (TPSA) is 29.1 Å². The predicted octanol–water partition coefficient (Wildman–Crippen LogP) is 2.69. The largest absolute Gasteiger partial charge is 0.353 e. The molecule has 1 amide bonds. The van der Waals surface area contributed by atoms with Gasteiger partial charge in [-0.25, -0.2) is 0 Å². The summed E-state index contributed by atoms with van der Waals surface area (Å²) >= 11 is 1.58. The van der Waals surface area contributed by atoms with Crippen LogP contribution in [0.4, 0.5) is 0 Å². The first-order valence-electron chi connectivity index (χ1n) is 5.11. The molecule has 0 radical (unpaired) electrons. The lowest BCUT2D eigenvalue weighted by atomic mass is 10.3. The molecule has 0 saturated carbocycles. The Hall–Kier alpha value is -0.960. The number of rotatable bonds is 4. The molecular formula is C12H17NOS. The second-order valence-corrected chi connectivity index (χ2v) is 5.15. The zero-order chi connectivity index (χ0) is 11.3. The van der Waals surface area contributed by atoms with Crippen molar-refractivity contribution < 1.29 is 4.79 Å². The Bertz CT molecular complexity index is 311. The summed E-state index contributed by atoms with van der Waals surface area (Å²) in [5.74, 6) is 0.0962. The summed E-state index contributed by atoms with van der Waals surface area (Å²) in [6, 6.07) is 10.2. The molecule has 0 fully saturated rings. The molecule has 2 nitrogen and oxygen atoms in total. The van der Waals surface area contributed by atoms with Crippen molar-refractivity contribution in [1.82, 2.24) is 5.32 Å². The number of hydrogen-bond acceptors (Lipinski definition) is 2. The minimum Gasteiger partial charge on any atom is -0.353 e. The van der Waals surface area contributed by atoms with Gasteiger partial charge in [-0.2, -0.15) is 0 Å². The van der Waals surface area contributed by atoms with Crippen LogP contribution in [-0.4, -0.2) is 17.2 Å². The average Bonchev–Trinajstić information content (AvgIpc) is 2.18. The minimum atomic E-state index is -0.0465. The Balaban J connectivity index is 2.49. The summed E-state index contributed by atoms with van der Waals surface area (Å²) in [6.45, 7) is 5.87. The van der Waals surface area contributed by atoms with Gasteiger partial charge in [0.15, 0.2) is 0 Å². The lowest BCUT2D eigenvalue weighted by molar-refractivity contribution is -0.120. The summed E-state index contributed by atoms with van der Waals surface area (Å²) in [5.41, 5.74) is 0. The third-order valence-electron chi connectivity index (χ3n) is 1.86. The van der Waals surface area contributed by atoms with Gasteiger partial charge in [0.05, 0.1) is 5.25 Å². The molecule has 0 aliphatic carbocycles. The van der Waals surface area contributed by atoms with Crippen molar-refractivity contribution in [3.63, 3.8) is 0 Å². The van der Waals surface area contributed by atoms with Gasteiger partial charge in [-0.1, -0.05) is 18.2 Å². The Morgan fingerprint density at radius 3 is 2.33 bits per heavy atom. The van der Waals surface area contributed by atoms with Crippen LogP contribution in [0.3, 0.4) is 0 Å². The van der Waals surface area contributed by atoms with Gasteiger partial charge in [0, 0.05) is 10.9 Å². The van der Waals surface area contributed by atoms with Crippen molar-refractivity contribution in [2.24, 2.45) is 0 Å². The van der Waals surface area contributed by atoms with Crippen molar-refractivity contribution in [2.45, 2.75) is 37.0 Å². The maximum atomic E-state index is 11.6. The van der Waals surface area contributed by atoms with Crippen LogP contribution in [0.15, 0.2) is 35.2 Å². The highest BCUT2D eigenvalue weighted by Crippen LogP contribution is 2.22. The number of amides is 1. The Labute approximate surface area is 95.5 Å². The van der Waals surface area contributed by atoms with Crippen LogP contribution in [0.5, 0.6) is 0 Å². The highest BCUT2D eigenvalue weighted by Gasteiger charge is 2.14. The fraction of sp³-hybridized carbons (Fsp3) is 0.417.